The normalized spacial score (nSPS) is 21.8. The molecule has 3 aromatic carbocycles. The van der Waals surface area contributed by atoms with E-state index >= 15 is 0 Å². The van der Waals surface area contributed by atoms with E-state index in [0.717, 1.165) is 52.6 Å². The molecule has 2 aliphatic rings. The van der Waals surface area contributed by atoms with Crippen LogP contribution in [0.5, 0.6) is 5.75 Å². The Morgan fingerprint density at radius 2 is 1.89 bits per heavy atom. The molecule has 10 heteroatoms. The summed E-state index contributed by atoms with van der Waals surface area (Å²) in [5.74, 6) is 0.940. The lowest BCUT2D eigenvalue weighted by Gasteiger charge is -2.29. The van der Waals surface area contributed by atoms with Gasteiger partial charge in [0.05, 0.1) is 25.0 Å². The van der Waals surface area contributed by atoms with E-state index in [1.807, 2.05) is 56.4 Å². The van der Waals surface area contributed by atoms with Crippen LogP contribution in [0.25, 0.3) is 11.0 Å². The van der Waals surface area contributed by atoms with E-state index in [-0.39, 0.29) is 43.3 Å². The molecule has 238 valence electrons. The largest absolute Gasteiger partial charge is 0.494 e. The minimum atomic E-state index is -3.75. The molecule has 2 unspecified atom stereocenters. The maximum atomic E-state index is 14.4. The fourth-order valence-corrected chi connectivity index (χ4v) is 9.14. The Morgan fingerprint density at radius 3 is 2.67 bits per heavy atom. The van der Waals surface area contributed by atoms with Crippen LogP contribution in [0.3, 0.4) is 0 Å². The molecule has 1 fully saturated rings. The van der Waals surface area contributed by atoms with Gasteiger partial charge >= 0.3 is 5.97 Å². The molecule has 0 amide bonds. The lowest BCUT2D eigenvalue weighted by Crippen LogP contribution is -2.36. The van der Waals surface area contributed by atoms with Crippen LogP contribution in [-0.2, 0) is 33.1 Å². The second-order valence-corrected chi connectivity index (χ2v) is 14.5. The molecule has 9 nitrogen and oxygen atoms in total. The van der Waals surface area contributed by atoms with E-state index in [4.69, 9.17) is 9.47 Å². The summed E-state index contributed by atoms with van der Waals surface area (Å²) in [5, 5.41) is 8.48. The van der Waals surface area contributed by atoms with Crippen LogP contribution in [0.4, 0.5) is 0 Å². The first-order valence-corrected chi connectivity index (χ1v) is 17.3. The van der Waals surface area contributed by atoms with Gasteiger partial charge in [-0.25, -0.2) is 13.1 Å². The van der Waals surface area contributed by atoms with Gasteiger partial charge in [-0.05, 0) is 96.9 Å². The van der Waals surface area contributed by atoms with Crippen LogP contribution in [0.2, 0.25) is 0 Å². The number of carbonyl (C=O) groups is 1. The Hall–Kier alpha value is -3.76. The van der Waals surface area contributed by atoms with Crippen molar-refractivity contribution in [3.05, 3.63) is 82.4 Å². The number of hydrogen-bond donors (Lipinski definition) is 0. The minimum absolute atomic E-state index is 0.112. The lowest BCUT2D eigenvalue weighted by molar-refractivity contribution is -0.143. The summed E-state index contributed by atoms with van der Waals surface area (Å²) < 4.78 is 43.2. The first-order chi connectivity index (χ1) is 21.6. The summed E-state index contributed by atoms with van der Waals surface area (Å²) in [6.45, 7) is 6.99. The van der Waals surface area contributed by atoms with Crippen LogP contribution in [0, 0.1) is 18.8 Å². The number of benzene rings is 3. The second kappa shape index (κ2) is 12.6. The van der Waals surface area contributed by atoms with E-state index in [1.165, 1.54) is 0 Å². The van der Waals surface area contributed by atoms with Gasteiger partial charge in [-0.3, -0.25) is 4.79 Å². The van der Waals surface area contributed by atoms with Gasteiger partial charge in [-0.15, -0.1) is 5.10 Å². The molecular weight excluding hydrogens is 588 g/mol. The molecule has 2 heterocycles. The first kappa shape index (κ1) is 31.2. The molecule has 4 atom stereocenters. The third-order valence-corrected chi connectivity index (χ3v) is 11.7. The lowest BCUT2D eigenvalue weighted by atomic mass is 9.86. The average molecular weight is 631 g/mol. The van der Waals surface area contributed by atoms with E-state index in [0.29, 0.717) is 28.6 Å². The van der Waals surface area contributed by atoms with Crippen LogP contribution in [0.1, 0.15) is 79.2 Å². The Bertz CT molecular complexity index is 1840. The minimum Gasteiger partial charge on any atom is -0.494 e. The standard InChI is InChI=1S/C35H42N4O5S/c1-6-44-34(40)19-30(27-17-31-35(32(18-27)43-5)38(4)37-36-31)26-12-11-22(2)28(16-26)21-39-20-23(3)24-13-14-25(15-24)29-9-7-8-10-33(29)45(39,41)42/h7-12,16-18,23-25,30H,6,13-15,19-21H2,1-5H3/t23-,24?,25?,30+/m1/s1. The summed E-state index contributed by atoms with van der Waals surface area (Å²) in [6, 6.07) is 17.5. The predicted molar refractivity (Wildman–Crippen MR) is 173 cm³/mol. The van der Waals surface area contributed by atoms with Crippen molar-refractivity contribution in [3.63, 3.8) is 0 Å². The number of carbonyl (C=O) groups excluding carboxylic acids is 1. The number of ether oxygens (including phenoxy) is 2. The number of fused-ring (bicyclic) bond motifs is 5. The summed E-state index contributed by atoms with van der Waals surface area (Å²) in [5.41, 5.74) is 6.02. The van der Waals surface area contributed by atoms with Crippen LogP contribution in [0.15, 0.2) is 59.5 Å². The number of esters is 1. The molecule has 2 bridgehead atoms. The van der Waals surface area contributed by atoms with Crippen LogP contribution < -0.4 is 4.74 Å². The van der Waals surface area contributed by atoms with Gasteiger partial charge in [-0.2, -0.15) is 4.31 Å². The number of sulfonamides is 1. The Morgan fingerprint density at radius 1 is 1.09 bits per heavy atom. The Labute approximate surface area is 265 Å². The van der Waals surface area contributed by atoms with Crippen LogP contribution >= 0.6 is 0 Å². The fraction of sp³-hybridized carbons (Fsp3) is 0.457. The van der Waals surface area contributed by atoms with Gasteiger partial charge in [0.15, 0.2) is 0 Å². The van der Waals surface area contributed by atoms with Crippen molar-refractivity contribution in [2.75, 3.05) is 20.3 Å². The highest BCUT2D eigenvalue weighted by molar-refractivity contribution is 7.89. The number of aromatic nitrogens is 3. The molecule has 6 rings (SSSR count). The van der Waals surface area contributed by atoms with Gasteiger partial charge in [0.25, 0.3) is 0 Å². The van der Waals surface area contributed by atoms with Crippen molar-refractivity contribution in [1.82, 2.24) is 19.3 Å². The molecule has 1 aromatic heterocycles. The second-order valence-electron chi connectivity index (χ2n) is 12.6. The van der Waals surface area contributed by atoms with Gasteiger partial charge in [0, 0.05) is 26.1 Å². The average Bonchev–Trinajstić information content (AvgIpc) is 3.68. The molecule has 1 saturated carbocycles. The summed E-state index contributed by atoms with van der Waals surface area (Å²) in [7, 11) is -0.339. The van der Waals surface area contributed by atoms with Crippen molar-refractivity contribution in [3.8, 4) is 5.75 Å². The summed E-state index contributed by atoms with van der Waals surface area (Å²) in [6.07, 6.45) is 3.30. The van der Waals surface area contributed by atoms with E-state index in [1.54, 1.807) is 29.1 Å². The molecule has 45 heavy (non-hydrogen) atoms. The Kier molecular flexibility index (Phi) is 8.72. The SMILES string of the molecule is CCOC(=O)C[C@@H](c1ccc(C)c(CN2C[C@@H](C)C3CCC(C3)c3ccccc3S2(=O)=O)c1)c1cc(OC)c2c(c1)nnn2C. The molecular formula is C35H42N4O5S. The fourth-order valence-electron chi connectivity index (χ4n) is 7.34. The third-order valence-electron chi connectivity index (χ3n) is 9.85. The highest BCUT2D eigenvalue weighted by atomic mass is 32.2. The highest BCUT2D eigenvalue weighted by Gasteiger charge is 2.39. The number of hydrogen-bond acceptors (Lipinski definition) is 7. The number of methoxy groups -OCH3 is 1. The molecule has 0 spiro atoms. The van der Waals surface area contributed by atoms with Gasteiger partial charge in [0.2, 0.25) is 10.0 Å². The first-order valence-electron chi connectivity index (χ1n) is 15.8. The maximum Gasteiger partial charge on any atom is 0.306 e. The van der Waals surface area contributed by atoms with E-state index < -0.39 is 10.0 Å². The quantitative estimate of drug-likeness (QED) is 0.217. The van der Waals surface area contributed by atoms with Crippen molar-refractivity contribution < 1.29 is 22.7 Å². The smallest absolute Gasteiger partial charge is 0.306 e. The topological polar surface area (TPSA) is 104 Å². The van der Waals surface area contributed by atoms with Crippen molar-refractivity contribution in [2.24, 2.45) is 18.9 Å². The summed E-state index contributed by atoms with van der Waals surface area (Å²) >= 11 is 0. The van der Waals surface area contributed by atoms with Crippen molar-refractivity contribution >= 4 is 27.0 Å². The molecule has 1 aliphatic heterocycles. The monoisotopic (exact) mass is 630 g/mol. The molecule has 0 saturated heterocycles. The number of nitrogens with zero attached hydrogens (tertiary/aromatic N) is 4. The summed E-state index contributed by atoms with van der Waals surface area (Å²) in [4.78, 5) is 13.4. The number of aryl methyl sites for hydroxylation is 2. The van der Waals surface area contributed by atoms with Gasteiger partial charge in [0.1, 0.15) is 16.8 Å². The molecule has 0 N–H and O–H groups in total. The maximum absolute atomic E-state index is 14.4. The zero-order valence-corrected chi connectivity index (χ0v) is 27.5. The highest BCUT2D eigenvalue weighted by Crippen LogP contribution is 2.46. The van der Waals surface area contributed by atoms with Gasteiger partial charge in [-0.1, -0.05) is 48.5 Å². The predicted octanol–water partition coefficient (Wildman–Crippen LogP) is 6.09. The van der Waals surface area contributed by atoms with Crippen LogP contribution in [-0.4, -0.2) is 53.9 Å². The van der Waals surface area contributed by atoms with E-state index in [2.05, 4.69) is 23.3 Å². The van der Waals surface area contributed by atoms with Crippen molar-refractivity contribution in [2.45, 2.75) is 69.7 Å². The molecule has 4 aromatic rings. The van der Waals surface area contributed by atoms with Crippen molar-refractivity contribution in [1.29, 1.82) is 0 Å². The number of rotatable bonds is 8. The zero-order chi connectivity index (χ0) is 31.9. The Balaban J connectivity index is 1.42. The molecule has 1 aliphatic carbocycles. The third kappa shape index (κ3) is 5.97. The zero-order valence-electron chi connectivity index (χ0n) is 26.7. The van der Waals surface area contributed by atoms with Gasteiger partial charge < -0.3 is 9.47 Å². The van der Waals surface area contributed by atoms with E-state index in [9.17, 15) is 13.2 Å². The molecule has 0 radical (unpaired) electrons.